The lowest BCUT2D eigenvalue weighted by atomic mass is 10.3. The van der Waals surface area contributed by atoms with E-state index < -0.39 is 0 Å². The first-order valence-electron chi connectivity index (χ1n) is 4.95. The number of aryl methyl sites for hydroxylation is 1. The molecule has 2 rings (SSSR count). The largest absolute Gasteiger partial charge is 0.316 e. The molecule has 0 aliphatic rings. The van der Waals surface area contributed by atoms with E-state index in [9.17, 15) is 0 Å². The van der Waals surface area contributed by atoms with Crippen molar-refractivity contribution in [2.24, 2.45) is 0 Å². The van der Waals surface area contributed by atoms with E-state index in [1.165, 1.54) is 0 Å². The number of imidazole rings is 1. The van der Waals surface area contributed by atoms with Gasteiger partial charge in [0.2, 0.25) is 0 Å². The smallest absolute Gasteiger partial charge is 0.111 e. The van der Waals surface area contributed by atoms with Crippen LogP contribution in [0.15, 0.2) is 22.7 Å². The predicted octanol–water partition coefficient (Wildman–Crippen LogP) is 2.90. The lowest BCUT2D eigenvalue weighted by molar-refractivity contribution is 0.786. The van der Waals surface area contributed by atoms with Gasteiger partial charge in [-0.15, -0.1) is 6.42 Å². The molecule has 4 heteroatoms. The Kier molecular flexibility index (Phi) is 3.57. The fourth-order valence-corrected chi connectivity index (χ4v) is 2.26. The van der Waals surface area contributed by atoms with Gasteiger partial charge in [0.05, 0.1) is 17.6 Å². The maximum absolute atomic E-state index is 5.38. The number of nitrogens with zero attached hydrogens (tertiary/aromatic N) is 2. The number of rotatable bonds is 3. The summed E-state index contributed by atoms with van der Waals surface area (Å²) in [6.45, 7) is 0.557. The van der Waals surface area contributed by atoms with E-state index in [1.54, 1.807) is 0 Å². The zero-order valence-electron chi connectivity index (χ0n) is 8.65. The van der Waals surface area contributed by atoms with Crippen LogP contribution >= 0.6 is 28.6 Å². The molecule has 0 unspecified atom stereocenters. The van der Waals surface area contributed by atoms with Crippen LogP contribution in [0.4, 0.5) is 0 Å². The van der Waals surface area contributed by atoms with Crippen LogP contribution in [0.1, 0.15) is 5.82 Å². The molecule has 0 saturated heterocycles. The molecule has 2 nitrogen and oxygen atoms in total. The monoisotopic (exact) mass is 294 g/mol. The topological polar surface area (TPSA) is 17.8 Å². The van der Waals surface area contributed by atoms with Crippen LogP contribution in [0.5, 0.6) is 0 Å². The molecular weight excluding hydrogens is 284 g/mol. The molecule has 0 saturated carbocycles. The second-order valence-corrected chi connectivity index (χ2v) is 4.79. The van der Waals surface area contributed by atoms with Gasteiger partial charge >= 0.3 is 0 Å². The fraction of sp³-hybridized carbons (Fsp3) is 0.250. The van der Waals surface area contributed by atoms with Crippen LogP contribution < -0.4 is 0 Å². The Hall–Kier alpha value is -0.920. The molecule has 1 aromatic carbocycles. The van der Waals surface area contributed by atoms with Gasteiger partial charge in [-0.25, -0.2) is 4.98 Å². The number of fused-ring (bicyclic) bond motifs is 1. The van der Waals surface area contributed by atoms with Crippen molar-refractivity contribution in [2.45, 2.75) is 13.0 Å². The number of benzene rings is 1. The maximum atomic E-state index is 5.38. The Labute approximate surface area is 109 Å². The molecule has 0 radical (unpaired) electrons. The van der Waals surface area contributed by atoms with Crippen molar-refractivity contribution >= 4 is 39.6 Å². The fourth-order valence-electron chi connectivity index (χ4n) is 1.71. The number of hydrogen-bond donors (Lipinski definition) is 1. The van der Waals surface area contributed by atoms with E-state index in [2.05, 4.69) is 44.0 Å². The third kappa shape index (κ3) is 2.11. The van der Waals surface area contributed by atoms with Crippen molar-refractivity contribution in [3.8, 4) is 12.3 Å². The number of hydrogen-bond acceptors (Lipinski definition) is 2. The minimum atomic E-state index is 0.557. The SMILES string of the molecule is C#CCn1c(CCS)nc2cc(Br)ccc21. The highest BCUT2D eigenvalue weighted by Crippen LogP contribution is 2.21. The van der Waals surface area contributed by atoms with Gasteiger partial charge in [-0.1, -0.05) is 21.9 Å². The zero-order chi connectivity index (χ0) is 11.5. The van der Waals surface area contributed by atoms with E-state index in [4.69, 9.17) is 6.42 Å². The highest BCUT2D eigenvalue weighted by Gasteiger charge is 2.09. The van der Waals surface area contributed by atoms with Crippen molar-refractivity contribution in [3.63, 3.8) is 0 Å². The highest BCUT2D eigenvalue weighted by atomic mass is 79.9. The number of terminal acetylenes is 1. The summed E-state index contributed by atoms with van der Waals surface area (Å²) >= 11 is 7.67. The summed E-state index contributed by atoms with van der Waals surface area (Å²) in [5.74, 6) is 4.44. The van der Waals surface area contributed by atoms with Crippen LogP contribution in [0.3, 0.4) is 0 Å². The lowest BCUT2D eigenvalue weighted by Crippen LogP contribution is -2.03. The number of thiol groups is 1. The second kappa shape index (κ2) is 4.94. The minimum absolute atomic E-state index is 0.557. The third-order valence-corrected chi connectivity index (χ3v) is 3.09. The molecule has 0 bridgehead atoms. The first kappa shape index (κ1) is 11.6. The molecule has 1 aromatic heterocycles. The van der Waals surface area contributed by atoms with Crippen molar-refractivity contribution in [1.82, 2.24) is 9.55 Å². The first-order valence-corrected chi connectivity index (χ1v) is 6.38. The van der Waals surface area contributed by atoms with Crippen molar-refractivity contribution < 1.29 is 0 Å². The average Bonchev–Trinajstić information content (AvgIpc) is 2.57. The number of halogens is 1. The molecule has 0 amide bonds. The Morgan fingerprint density at radius 3 is 3.00 bits per heavy atom. The third-order valence-electron chi connectivity index (χ3n) is 2.37. The van der Waals surface area contributed by atoms with Crippen LogP contribution in [0, 0.1) is 12.3 Å². The average molecular weight is 295 g/mol. The second-order valence-electron chi connectivity index (χ2n) is 3.42. The van der Waals surface area contributed by atoms with Gasteiger partial charge in [0.1, 0.15) is 5.82 Å². The molecule has 82 valence electrons. The van der Waals surface area contributed by atoms with Crippen molar-refractivity contribution in [1.29, 1.82) is 0 Å². The molecular formula is C12H11BrN2S. The van der Waals surface area contributed by atoms with Gasteiger partial charge in [0.15, 0.2) is 0 Å². The highest BCUT2D eigenvalue weighted by molar-refractivity contribution is 9.10. The Morgan fingerprint density at radius 1 is 1.50 bits per heavy atom. The molecule has 0 spiro atoms. The van der Waals surface area contributed by atoms with Crippen LogP contribution in [-0.2, 0) is 13.0 Å². The van der Waals surface area contributed by atoms with E-state index in [-0.39, 0.29) is 0 Å². The normalized spacial score (nSPS) is 10.6. The van der Waals surface area contributed by atoms with Crippen LogP contribution in [0.25, 0.3) is 11.0 Å². The quantitative estimate of drug-likeness (QED) is 0.681. The van der Waals surface area contributed by atoms with E-state index in [0.717, 1.165) is 33.5 Å². The lowest BCUT2D eigenvalue weighted by Gasteiger charge is -2.03. The molecule has 1 heterocycles. The van der Waals surface area contributed by atoms with Gasteiger partial charge in [-0.05, 0) is 24.0 Å². The van der Waals surface area contributed by atoms with Gasteiger partial charge in [0, 0.05) is 10.9 Å². The molecule has 16 heavy (non-hydrogen) atoms. The predicted molar refractivity (Wildman–Crippen MR) is 73.8 cm³/mol. The van der Waals surface area contributed by atoms with Crippen LogP contribution in [0.2, 0.25) is 0 Å². The van der Waals surface area contributed by atoms with Gasteiger partial charge in [-0.2, -0.15) is 12.6 Å². The summed E-state index contributed by atoms with van der Waals surface area (Å²) in [5.41, 5.74) is 2.05. The molecule has 0 atom stereocenters. The summed E-state index contributed by atoms with van der Waals surface area (Å²) in [5, 5.41) is 0. The van der Waals surface area contributed by atoms with Crippen molar-refractivity contribution in [2.75, 3.05) is 5.75 Å². The van der Waals surface area contributed by atoms with E-state index in [1.807, 2.05) is 18.2 Å². The summed E-state index contributed by atoms with van der Waals surface area (Å²) in [7, 11) is 0. The molecule has 0 aliphatic heterocycles. The maximum Gasteiger partial charge on any atom is 0.111 e. The first-order chi connectivity index (χ1) is 7.76. The van der Waals surface area contributed by atoms with Gasteiger partial charge in [0.25, 0.3) is 0 Å². The van der Waals surface area contributed by atoms with Gasteiger partial charge in [-0.3, -0.25) is 0 Å². The van der Waals surface area contributed by atoms with Crippen molar-refractivity contribution in [3.05, 3.63) is 28.5 Å². The van der Waals surface area contributed by atoms with Gasteiger partial charge < -0.3 is 4.57 Å². The van der Waals surface area contributed by atoms with Crippen LogP contribution in [-0.4, -0.2) is 15.3 Å². The molecule has 2 aromatic rings. The van der Waals surface area contributed by atoms with E-state index >= 15 is 0 Å². The number of aromatic nitrogens is 2. The van der Waals surface area contributed by atoms with E-state index in [0.29, 0.717) is 6.54 Å². The summed E-state index contributed by atoms with van der Waals surface area (Å²) in [6, 6.07) is 6.04. The molecule has 0 N–H and O–H groups in total. The zero-order valence-corrected chi connectivity index (χ0v) is 11.1. The minimum Gasteiger partial charge on any atom is -0.316 e. The molecule has 0 fully saturated rings. The Balaban J connectivity index is 2.61. The summed E-state index contributed by atoms with van der Waals surface area (Å²) < 4.78 is 3.10. The Morgan fingerprint density at radius 2 is 2.31 bits per heavy atom. The standard InChI is InChI=1S/C12H11BrN2S/c1-2-6-15-11-4-3-9(13)8-10(11)14-12(15)5-7-16/h1,3-4,8,16H,5-7H2. The summed E-state index contributed by atoms with van der Waals surface area (Å²) in [6.07, 6.45) is 6.21. The summed E-state index contributed by atoms with van der Waals surface area (Å²) in [4.78, 5) is 4.57. The molecule has 0 aliphatic carbocycles. The Bertz CT molecular complexity index is 554.